The Balaban J connectivity index is 0.000000472. The number of hydrogen-bond acceptors (Lipinski definition) is 11. The quantitative estimate of drug-likeness (QED) is 0.110. The Morgan fingerprint density at radius 2 is 1.27 bits per heavy atom. The molecule has 2 heterocycles. The summed E-state index contributed by atoms with van der Waals surface area (Å²) in [7, 11) is 0. The smallest absolute Gasteiger partial charge is 0.411 e. The Kier molecular flexibility index (Phi) is 22.0. The molecule has 5 N–H and O–H groups in total. The minimum Gasteiger partial charge on any atom is -0.444 e. The zero-order valence-corrected chi connectivity index (χ0v) is 28.8. The second kappa shape index (κ2) is 24.2. The third kappa shape index (κ3) is 18.6. The Hall–Kier alpha value is -2.07. The van der Waals surface area contributed by atoms with E-state index in [2.05, 4.69) is 41.1 Å². The summed E-state index contributed by atoms with van der Waals surface area (Å²) in [5, 5.41) is 3.20. The number of unbranched alkanes of at least 4 members (excludes halogenated alkanes) is 2. The van der Waals surface area contributed by atoms with Crippen LogP contribution in [-0.2, 0) is 33.7 Å². The molecule has 3 amide bonds. The van der Waals surface area contributed by atoms with Crippen LogP contribution in [-0.4, -0.2) is 92.1 Å². The maximum atomic E-state index is 12.6. The number of piperidine rings is 2. The van der Waals surface area contributed by atoms with Crippen LogP contribution in [0, 0.1) is 0 Å². The van der Waals surface area contributed by atoms with Crippen molar-refractivity contribution in [2.24, 2.45) is 0 Å². The van der Waals surface area contributed by atoms with Gasteiger partial charge in [-0.2, -0.15) is 11.0 Å². The van der Waals surface area contributed by atoms with Crippen molar-refractivity contribution in [2.45, 2.75) is 142 Å². The Morgan fingerprint density at radius 3 is 1.78 bits per heavy atom. The van der Waals surface area contributed by atoms with E-state index >= 15 is 0 Å². The molecule has 4 atom stereocenters. The van der Waals surface area contributed by atoms with Crippen LogP contribution >= 0.6 is 0 Å². The number of hydroxylamine groups is 4. The third-order valence-corrected chi connectivity index (χ3v) is 6.90. The van der Waals surface area contributed by atoms with Crippen molar-refractivity contribution < 1.29 is 38.5 Å². The predicted molar refractivity (Wildman–Crippen MR) is 171 cm³/mol. The first-order valence-electron chi connectivity index (χ1n) is 16.9. The van der Waals surface area contributed by atoms with Crippen LogP contribution < -0.4 is 27.2 Å². The van der Waals surface area contributed by atoms with E-state index < -0.39 is 17.7 Å². The zero-order chi connectivity index (χ0) is 33.5. The molecule has 14 nitrogen and oxygen atoms in total. The van der Waals surface area contributed by atoms with Gasteiger partial charge in [-0.15, -0.1) is 0 Å². The number of likely N-dealkylation sites (tertiary alicyclic amines) is 1. The molecule has 45 heavy (non-hydrogen) atoms. The number of carbonyl (C=O) groups is 3. The first kappa shape index (κ1) is 41.0. The highest BCUT2D eigenvalue weighted by Gasteiger charge is 2.38. The fourth-order valence-electron chi connectivity index (χ4n) is 4.42. The summed E-state index contributed by atoms with van der Waals surface area (Å²) in [6.07, 6.45) is 8.33. The third-order valence-electron chi connectivity index (χ3n) is 6.90. The molecule has 0 saturated carbocycles. The topological polar surface area (TPSA) is 161 Å². The average molecular weight is 647 g/mol. The van der Waals surface area contributed by atoms with Crippen LogP contribution in [0.3, 0.4) is 0 Å². The lowest BCUT2D eigenvalue weighted by Crippen LogP contribution is -2.58. The number of hydrogen-bond donors (Lipinski definition) is 5. The molecule has 0 radical (unpaired) electrons. The molecule has 0 aromatic carbocycles. The van der Waals surface area contributed by atoms with Gasteiger partial charge >= 0.3 is 6.09 Å². The van der Waals surface area contributed by atoms with Gasteiger partial charge in [0.2, 0.25) is 0 Å². The van der Waals surface area contributed by atoms with Crippen molar-refractivity contribution in [3.63, 3.8) is 0 Å². The summed E-state index contributed by atoms with van der Waals surface area (Å²) in [5.74, 6) is -0.409. The molecule has 0 spiro atoms. The van der Waals surface area contributed by atoms with Crippen LogP contribution in [0.5, 0.6) is 0 Å². The van der Waals surface area contributed by atoms with Gasteiger partial charge in [-0.05, 0) is 72.1 Å². The molecular formula is C31H62N6O8. The number of ether oxygens (including phenoxy) is 1. The predicted octanol–water partition coefficient (Wildman–Crippen LogP) is 3.42. The highest BCUT2D eigenvalue weighted by molar-refractivity contribution is 5.85. The minimum absolute atomic E-state index is 0.0417. The van der Waals surface area contributed by atoms with Crippen molar-refractivity contribution in [2.75, 3.05) is 39.5 Å². The molecular weight excluding hydrogens is 584 g/mol. The monoisotopic (exact) mass is 646 g/mol. The fraction of sp³-hybridized carbons (Fsp3) is 0.903. The van der Waals surface area contributed by atoms with Gasteiger partial charge in [0.15, 0.2) is 0 Å². The van der Waals surface area contributed by atoms with Crippen molar-refractivity contribution in [3.05, 3.63) is 0 Å². The molecule has 0 unspecified atom stereocenters. The summed E-state index contributed by atoms with van der Waals surface area (Å²) in [4.78, 5) is 59.2. The van der Waals surface area contributed by atoms with Gasteiger partial charge in [0, 0.05) is 19.1 Å². The summed E-state index contributed by atoms with van der Waals surface area (Å²) < 4.78 is 5.47. The Bertz CT molecular complexity index is 807. The van der Waals surface area contributed by atoms with Gasteiger partial charge in [-0.1, -0.05) is 40.5 Å². The summed E-state index contributed by atoms with van der Waals surface area (Å²) in [6.45, 7) is 17.0. The van der Waals surface area contributed by atoms with E-state index in [1.807, 2.05) is 13.8 Å². The molecule has 2 rings (SSSR count). The molecule has 264 valence electrons. The Labute approximate surface area is 270 Å². The van der Waals surface area contributed by atoms with Crippen molar-refractivity contribution in [1.29, 1.82) is 0 Å². The zero-order valence-electron chi connectivity index (χ0n) is 28.8. The lowest BCUT2D eigenvalue weighted by molar-refractivity contribution is -0.141. The number of rotatable bonds is 18. The number of carbonyl (C=O) groups excluding carboxylic acids is 3. The van der Waals surface area contributed by atoms with Crippen LogP contribution in [0.15, 0.2) is 0 Å². The lowest BCUT2D eigenvalue weighted by Gasteiger charge is -2.39. The minimum atomic E-state index is -0.630. The van der Waals surface area contributed by atoms with Crippen molar-refractivity contribution in [3.8, 4) is 0 Å². The fourth-order valence-corrected chi connectivity index (χ4v) is 4.42. The highest BCUT2D eigenvalue weighted by atomic mass is 16.7. The second-order valence-corrected chi connectivity index (χ2v) is 12.4. The van der Waals surface area contributed by atoms with Crippen LogP contribution in [0.4, 0.5) is 4.79 Å². The standard InChI is InChI=1S/C18H35N3O5.C13H27N3O3/c1-6-8-12-25-19-14-9-10-15(16(22)20-24-11-7-2)21(13-14)17(23)26-18(3,4)5;1-3-5-9-19-15-11-6-7-12(14-10-11)13(17)16-18-8-4-2/h14-15,19H,6-13H2,1-5H3,(H,20,22);11-12,14-15H,3-10H2,1-2H3,(H,16,17)/t14-,15+;11-,12+/m11/s1. The molecule has 0 aromatic rings. The molecule has 0 aliphatic carbocycles. The van der Waals surface area contributed by atoms with E-state index in [1.54, 1.807) is 20.8 Å². The van der Waals surface area contributed by atoms with E-state index in [4.69, 9.17) is 24.1 Å². The Morgan fingerprint density at radius 1 is 0.711 bits per heavy atom. The second-order valence-electron chi connectivity index (χ2n) is 12.4. The van der Waals surface area contributed by atoms with Crippen LogP contribution in [0.25, 0.3) is 0 Å². The average Bonchev–Trinajstić information content (AvgIpc) is 3.01. The maximum Gasteiger partial charge on any atom is 0.411 e. The molecule has 2 aliphatic rings. The van der Waals surface area contributed by atoms with E-state index in [0.29, 0.717) is 32.8 Å². The summed E-state index contributed by atoms with van der Waals surface area (Å²) in [6, 6.07) is -0.543. The van der Waals surface area contributed by atoms with E-state index in [9.17, 15) is 14.4 Å². The number of nitrogens with one attached hydrogen (secondary N) is 5. The molecule has 2 aliphatic heterocycles. The van der Waals surface area contributed by atoms with Gasteiger partial charge in [-0.3, -0.25) is 24.2 Å². The lowest BCUT2D eigenvalue weighted by atomic mass is 9.98. The molecule has 14 heteroatoms. The van der Waals surface area contributed by atoms with Crippen molar-refractivity contribution in [1.82, 2.24) is 32.1 Å². The molecule has 0 aromatic heterocycles. The molecule has 0 bridgehead atoms. The SMILES string of the molecule is CCCCON[C@@H]1CC[C@@H](C(=O)NOCCC)N(C(=O)OC(C)(C)C)C1.CCCCON[C@@H]1CC[C@@H](C(=O)NOCCC)NC1. The van der Waals surface area contributed by atoms with Gasteiger partial charge in [0.1, 0.15) is 11.6 Å². The van der Waals surface area contributed by atoms with Gasteiger partial charge in [0.05, 0.1) is 38.5 Å². The van der Waals surface area contributed by atoms with E-state index in [-0.39, 0.29) is 29.9 Å². The number of nitrogens with zero attached hydrogens (tertiary/aromatic N) is 1. The number of amides is 3. The highest BCUT2D eigenvalue weighted by Crippen LogP contribution is 2.21. The van der Waals surface area contributed by atoms with Gasteiger partial charge < -0.3 is 19.7 Å². The van der Waals surface area contributed by atoms with E-state index in [1.165, 1.54) is 4.90 Å². The van der Waals surface area contributed by atoms with Gasteiger partial charge in [-0.25, -0.2) is 15.8 Å². The first-order chi connectivity index (χ1) is 21.6. The summed E-state index contributed by atoms with van der Waals surface area (Å²) in [5.41, 5.74) is 10.3. The van der Waals surface area contributed by atoms with Crippen LogP contribution in [0.2, 0.25) is 0 Å². The molecule has 2 saturated heterocycles. The van der Waals surface area contributed by atoms with Crippen LogP contribution in [0.1, 0.15) is 113 Å². The molecule has 2 fully saturated rings. The maximum absolute atomic E-state index is 12.6. The van der Waals surface area contributed by atoms with Gasteiger partial charge in [0.25, 0.3) is 11.8 Å². The normalized spacial score (nSPS) is 21.8. The van der Waals surface area contributed by atoms with E-state index in [0.717, 1.165) is 70.9 Å². The van der Waals surface area contributed by atoms with Crippen molar-refractivity contribution >= 4 is 17.9 Å². The summed E-state index contributed by atoms with van der Waals surface area (Å²) >= 11 is 0. The largest absolute Gasteiger partial charge is 0.444 e. The first-order valence-corrected chi connectivity index (χ1v) is 16.9.